The Balaban J connectivity index is 1.92. The number of hydrogen-bond donors (Lipinski definition) is 0. The van der Waals surface area contributed by atoms with Crippen LogP contribution < -0.4 is 0 Å². The molecule has 126 valence electrons. The fourth-order valence-corrected chi connectivity index (χ4v) is 3.80. The average molecular weight is 309 g/mol. The fraction of sp³-hybridized carbons (Fsp3) is 0.889. The van der Waals surface area contributed by atoms with Crippen molar-refractivity contribution in [1.29, 1.82) is 0 Å². The number of quaternary nitrogens is 1. The third-order valence-electron chi connectivity index (χ3n) is 5.53. The van der Waals surface area contributed by atoms with Gasteiger partial charge in [-0.2, -0.15) is 0 Å². The van der Waals surface area contributed by atoms with Crippen molar-refractivity contribution in [3.8, 4) is 0 Å². The zero-order valence-electron chi connectivity index (χ0n) is 15.1. The maximum atomic E-state index is 12.5. The number of rotatable bonds is 4. The molecule has 0 aromatic heterocycles. The van der Waals surface area contributed by atoms with E-state index in [1.807, 2.05) is 0 Å². The van der Waals surface area contributed by atoms with Gasteiger partial charge < -0.3 is 4.48 Å². The lowest BCUT2D eigenvalue weighted by Crippen LogP contribution is -2.50. The Morgan fingerprint density at radius 3 is 1.91 bits per heavy atom. The molecule has 0 unspecified atom stereocenters. The Morgan fingerprint density at radius 2 is 1.45 bits per heavy atom. The van der Waals surface area contributed by atoms with E-state index >= 15 is 0 Å². The Morgan fingerprint density at radius 1 is 0.955 bits per heavy atom. The number of piperidine rings is 1. The lowest BCUT2D eigenvalue weighted by molar-refractivity contribution is -0.870. The third kappa shape index (κ3) is 4.31. The highest BCUT2D eigenvalue weighted by Gasteiger charge is 2.46. The van der Waals surface area contributed by atoms with Crippen molar-refractivity contribution < 1.29 is 14.1 Å². The van der Waals surface area contributed by atoms with Gasteiger partial charge in [-0.25, -0.2) is 0 Å². The highest BCUT2D eigenvalue weighted by atomic mass is 16.2. The molecule has 0 radical (unpaired) electrons. The number of hydrogen-bond acceptors (Lipinski definition) is 2. The molecule has 22 heavy (non-hydrogen) atoms. The minimum absolute atomic E-state index is 0.0275. The molecular weight excluding hydrogens is 276 g/mol. The number of amides is 2. The second-order valence-corrected chi connectivity index (χ2v) is 9.32. The molecule has 1 saturated heterocycles. The monoisotopic (exact) mass is 309 g/mol. The Hall–Kier alpha value is -0.900. The Labute approximate surface area is 135 Å². The molecule has 0 aromatic rings. The average Bonchev–Trinajstić information content (AvgIpc) is 2.36. The quantitative estimate of drug-likeness (QED) is 0.591. The maximum Gasteiger partial charge on any atom is 0.229 e. The Kier molecular flexibility index (Phi) is 4.72. The van der Waals surface area contributed by atoms with Gasteiger partial charge in [0.1, 0.15) is 0 Å². The van der Waals surface area contributed by atoms with Crippen molar-refractivity contribution in [1.82, 2.24) is 4.90 Å². The van der Waals surface area contributed by atoms with Crippen molar-refractivity contribution in [2.75, 3.05) is 34.2 Å². The minimum Gasteiger partial charge on any atom is -0.331 e. The first-order chi connectivity index (χ1) is 10.0. The van der Waals surface area contributed by atoms with Crippen LogP contribution in [0.2, 0.25) is 0 Å². The van der Waals surface area contributed by atoms with E-state index in [9.17, 15) is 9.59 Å². The third-order valence-corrected chi connectivity index (χ3v) is 5.53. The van der Waals surface area contributed by atoms with Crippen LogP contribution in [0.5, 0.6) is 0 Å². The van der Waals surface area contributed by atoms with Crippen LogP contribution in [0.3, 0.4) is 0 Å². The molecule has 4 heteroatoms. The molecule has 2 aliphatic rings. The highest BCUT2D eigenvalue weighted by molar-refractivity contribution is 5.98. The zero-order valence-corrected chi connectivity index (χ0v) is 15.1. The summed E-state index contributed by atoms with van der Waals surface area (Å²) in [6.45, 7) is 6.16. The summed E-state index contributed by atoms with van der Waals surface area (Å²) in [5, 5.41) is 0. The first-order valence-electron chi connectivity index (χ1n) is 8.66. The second kappa shape index (κ2) is 5.95. The fourth-order valence-electron chi connectivity index (χ4n) is 3.80. The zero-order chi connectivity index (χ0) is 16.6. The number of carbonyl (C=O) groups is 2. The van der Waals surface area contributed by atoms with E-state index in [1.54, 1.807) is 0 Å². The smallest absolute Gasteiger partial charge is 0.229 e. The number of nitrogens with zero attached hydrogens (tertiary/aromatic N) is 2. The van der Waals surface area contributed by atoms with Crippen LogP contribution in [-0.4, -0.2) is 55.4 Å². The van der Waals surface area contributed by atoms with Gasteiger partial charge in [-0.05, 0) is 36.5 Å². The molecular formula is C18H33N2O2+. The summed E-state index contributed by atoms with van der Waals surface area (Å²) in [4.78, 5) is 26.5. The van der Waals surface area contributed by atoms with Crippen LogP contribution in [0.25, 0.3) is 0 Å². The van der Waals surface area contributed by atoms with Gasteiger partial charge in [0.2, 0.25) is 11.8 Å². The van der Waals surface area contributed by atoms with Crippen LogP contribution >= 0.6 is 0 Å². The van der Waals surface area contributed by atoms with Gasteiger partial charge in [0.05, 0.1) is 27.7 Å². The van der Waals surface area contributed by atoms with Crippen LogP contribution in [0.4, 0.5) is 0 Å². The number of imide groups is 1. The first kappa shape index (κ1) is 17.5. The highest BCUT2D eigenvalue weighted by Crippen LogP contribution is 2.50. The summed E-state index contributed by atoms with van der Waals surface area (Å²) in [6.07, 6.45) is 6.39. The molecule has 1 saturated carbocycles. The molecule has 0 N–H and O–H groups in total. The van der Waals surface area contributed by atoms with E-state index in [2.05, 4.69) is 35.0 Å². The lowest BCUT2D eigenvalue weighted by Gasteiger charge is -2.46. The van der Waals surface area contributed by atoms with E-state index in [0.29, 0.717) is 24.8 Å². The topological polar surface area (TPSA) is 37.4 Å². The largest absolute Gasteiger partial charge is 0.331 e. The molecule has 2 fully saturated rings. The SMILES string of the molecule is CC1(C)CCC2(CC1)CC(=O)N(CCC[N+](C)(C)C)C(=O)C2. The summed E-state index contributed by atoms with van der Waals surface area (Å²) in [5.41, 5.74) is 0.347. The van der Waals surface area contributed by atoms with Gasteiger partial charge in [-0.3, -0.25) is 14.5 Å². The van der Waals surface area contributed by atoms with Gasteiger partial charge in [0, 0.05) is 25.8 Å². The summed E-state index contributed by atoms with van der Waals surface area (Å²) in [5.74, 6) is 0.134. The van der Waals surface area contributed by atoms with Crippen molar-refractivity contribution in [2.45, 2.75) is 58.8 Å². The van der Waals surface area contributed by atoms with E-state index in [1.165, 1.54) is 4.90 Å². The van der Waals surface area contributed by atoms with Crippen LogP contribution in [-0.2, 0) is 9.59 Å². The predicted molar refractivity (Wildman–Crippen MR) is 88.2 cm³/mol. The van der Waals surface area contributed by atoms with Crippen molar-refractivity contribution in [2.24, 2.45) is 10.8 Å². The molecule has 1 aliphatic carbocycles. The maximum absolute atomic E-state index is 12.5. The molecule has 0 aromatic carbocycles. The van der Waals surface area contributed by atoms with E-state index in [0.717, 1.165) is 43.1 Å². The molecule has 2 amide bonds. The van der Waals surface area contributed by atoms with Gasteiger partial charge >= 0.3 is 0 Å². The van der Waals surface area contributed by atoms with Crippen molar-refractivity contribution in [3.63, 3.8) is 0 Å². The summed E-state index contributed by atoms with van der Waals surface area (Å²) < 4.78 is 0.870. The normalized spacial score (nSPS) is 24.9. The molecule has 0 bridgehead atoms. The number of likely N-dealkylation sites (tertiary alicyclic amines) is 1. The van der Waals surface area contributed by atoms with Gasteiger partial charge in [-0.15, -0.1) is 0 Å². The van der Waals surface area contributed by atoms with Crippen molar-refractivity contribution in [3.05, 3.63) is 0 Å². The summed E-state index contributed by atoms with van der Waals surface area (Å²) in [6, 6.07) is 0. The van der Waals surface area contributed by atoms with Gasteiger partial charge in [-0.1, -0.05) is 13.8 Å². The second-order valence-electron chi connectivity index (χ2n) is 9.32. The first-order valence-corrected chi connectivity index (χ1v) is 8.66. The Bertz CT molecular complexity index is 418. The van der Waals surface area contributed by atoms with E-state index in [-0.39, 0.29) is 17.2 Å². The lowest BCUT2D eigenvalue weighted by atomic mass is 9.61. The standard InChI is InChI=1S/C18H33N2O2/c1-17(2)7-9-18(10-8-17)13-15(21)19(16(22)14-18)11-6-12-20(3,4)5/h6-14H2,1-5H3/q+1. The molecule has 0 atom stereocenters. The van der Waals surface area contributed by atoms with Crippen LogP contribution in [0.1, 0.15) is 58.8 Å². The number of carbonyl (C=O) groups excluding carboxylic acids is 2. The molecule has 4 nitrogen and oxygen atoms in total. The summed E-state index contributed by atoms with van der Waals surface area (Å²) in [7, 11) is 6.41. The van der Waals surface area contributed by atoms with Gasteiger partial charge in [0.15, 0.2) is 0 Å². The van der Waals surface area contributed by atoms with Crippen LogP contribution in [0, 0.1) is 10.8 Å². The molecule has 1 heterocycles. The molecule has 1 spiro atoms. The molecule has 2 rings (SSSR count). The van der Waals surface area contributed by atoms with Crippen molar-refractivity contribution >= 4 is 11.8 Å². The summed E-state index contributed by atoms with van der Waals surface area (Å²) >= 11 is 0. The van der Waals surface area contributed by atoms with E-state index < -0.39 is 0 Å². The van der Waals surface area contributed by atoms with Crippen LogP contribution in [0.15, 0.2) is 0 Å². The van der Waals surface area contributed by atoms with E-state index in [4.69, 9.17) is 0 Å². The molecule has 1 aliphatic heterocycles. The minimum atomic E-state index is -0.0275. The predicted octanol–water partition coefficient (Wildman–Crippen LogP) is 2.82. The van der Waals surface area contributed by atoms with Gasteiger partial charge in [0.25, 0.3) is 0 Å².